The van der Waals surface area contributed by atoms with E-state index in [-0.39, 0.29) is 5.97 Å². The molecule has 0 aliphatic heterocycles. The van der Waals surface area contributed by atoms with Gasteiger partial charge in [-0.2, -0.15) is 11.8 Å². The van der Waals surface area contributed by atoms with Gasteiger partial charge in [-0.1, -0.05) is 26.2 Å². The van der Waals surface area contributed by atoms with Crippen LogP contribution in [0.1, 0.15) is 39.0 Å². The Morgan fingerprint density at radius 3 is 2.58 bits per heavy atom. The number of unbranched alkanes of at least 4 members (excludes halogenated alkanes) is 3. The Morgan fingerprint density at radius 2 is 2.00 bits per heavy atom. The second-order valence-corrected chi connectivity index (χ2v) is 5.18. The molecule has 0 aromatic rings. The largest absolute Gasteiger partial charge is 0.464 e. The van der Waals surface area contributed by atoms with E-state index in [1.165, 1.54) is 7.11 Å². The van der Waals surface area contributed by atoms with Gasteiger partial charge in [0.15, 0.2) is 0 Å². The van der Waals surface area contributed by atoms with Crippen molar-refractivity contribution in [3.05, 3.63) is 0 Å². The van der Waals surface area contributed by atoms with Gasteiger partial charge < -0.3 is 14.8 Å². The molecule has 0 unspecified atom stereocenters. The lowest BCUT2D eigenvalue weighted by Gasteiger charge is -2.16. The van der Waals surface area contributed by atoms with Crippen molar-refractivity contribution < 1.29 is 19.1 Å². The highest BCUT2D eigenvalue weighted by Gasteiger charge is 2.21. The van der Waals surface area contributed by atoms with E-state index in [1.807, 2.05) is 6.26 Å². The quantitative estimate of drug-likeness (QED) is 0.495. The molecule has 0 aliphatic carbocycles. The van der Waals surface area contributed by atoms with Crippen molar-refractivity contribution in [1.82, 2.24) is 5.32 Å². The van der Waals surface area contributed by atoms with Crippen LogP contribution in [0.25, 0.3) is 0 Å². The van der Waals surface area contributed by atoms with E-state index < -0.39 is 12.1 Å². The Morgan fingerprint density at radius 1 is 1.26 bits per heavy atom. The lowest BCUT2D eigenvalue weighted by Crippen LogP contribution is -2.42. The minimum Gasteiger partial charge on any atom is -0.464 e. The Hall–Kier alpha value is -0.910. The van der Waals surface area contributed by atoms with Crippen LogP contribution in [0.15, 0.2) is 0 Å². The molecule has 0 saturated carbocycles. The molecule has 112 valence electrons. The third-order valence-corrected chi connectivity index (χ3v) is 3.26. The van der Waals surface area contributed by atoms with Crippen molar-refractivity contribution in [3.8, 4) is 0 Å². The fraction of sp³-hybridized carbons (Fsp3) is 0.846. The molecule has 0 aliphatic rings. The number of carbonyl (C=O) groups excluding carboxylic acids is 2. The van der Waals surface area contributed by atoms with Gasteiger partial charge in [-0.15, -0.1) is 0 Å². The number of rotatable bonds is 10. The van der Waals surface area contributed by atoms with Gasteiger partial charge in [0.25, 0.3) is 0 Å². The van der Waals surface area contributed by atoms with Crippen molar-refractivity contribution in [2.24, 2.45) is 0 Å². The van der Waals surface area contributed by atoms with E-state index in [9.17, 15) is 9.59 Å². The number of esters is 1. The molecule has 0 saturated heterocycles. The maximum absolute atomic E-state index is 11.8. The SMILES string of the molecule is CCCCCCOC(=O)[C@H](CCSC)NC(=O)OC. The number of nitrogens with one attached hydrogen (secondary N) is 1. The van der Waals surface area contributed by atoms with Crippen LogP contribution in [0.4, 0.5) is 4.79 Å². The number of ether oxygens (including phenoxy) is 2. The lowest BCUT2D eigenvalue weighted by molar-refractivity contribution is -0.146. The summed E-state index contributed by atoms with van der Waals surface area (Å²) in [7, 11) is 1.27. The number of hydrogen-bond donors (Lipinski definition) is 1. The number of alkyl carbamates (subject to hydrolysis) is 1. The molecular formula is C13H25NO4S. The summed E-state index contributed by atoms with van der Waals surface area (Å²) in [5, 5.41) is 2.50. The number of carbonyl (C=O) groups is 2. The summed E-state index contributed by atoms with van der Waals surface area (Å²) in [6.45, 7) is 2.54. The topological polar surface area (TPSA) is 64.6 Å². The van der Waals surface area contributed by atoms with Crippen LogP contribution in [0.2, 0.25) is 0 Å². The molecule has 0 radical (unpaired) electrons. The number of amides is 1. The first-order valence-electron chi connectivity index (χ1n) is 6.65. The maximum Gasteiger partial charge on any atom is 0.407 e. The van der Waals surface area contributed by atoms with Crippen molar-refractivity contribution in [2.75, 3.05) is 25.7 Å². The summed E-state index contributed by atoms with van der Waals surface area (Å²) in [5.74, 6) is 0.399. The van der Waals surface area contributed by atoms with Gasteiger partial charge in [0, 0.05) is 0 Å². The van der Waals surface area contributed by atoms with Crippen LogP contribution in [-0.2, 0) is 14.3 Å². The molecule has 6 heteroatoms. The monoisotopic (exact) mass is 291 g/mol. The van der Waals surface area contributed by atoms with Crippen LogP contribution in [0, 0.1) is 0 Å². The molecule has 1 amide bonds. The van der Waals surface area contributed by atoms with Crippen LogP contribution >= 0.6 is 11.8 Å². The van der Waals surface area contributed by atoms with Crippen molar-refractivity contribution in [3.63, 3.8) is 0 Å². The van der Waals surface area contributed by atoms with Crippen molar-refractivity contribution >= 4 is 23.8 Å². The number of hydrogen-bond acceptors (Lipinski definition) is 5. The Kier molecular flexibility index (Phi) is 11.6. The molecular weight excluding hydrogens is 266 g/mol. The van der Waals surface area contributed by atoms with Crippen molar-refractivity contribution in [1.29, 1.82) is 0 Å². The minimum atomic E-state index is -0.619. The fourth-order valence-electron chi connectivity index (χ4n) is 1.49. The highest BCUT2D eigenvalue weighted by atomic mass is 32.2. The fourth-order valence-corrected chi connectivity index (χ4v) is 1.96. The van der Waals surface area contributed by atoms with Crippen LogP contribution in [0.3, 0.4) is 0 Å². The average molecular weight is 291 g/mol. The second kappa shape index (κ2) is 12.1. The molecule has 0 rings (SSSR count). The van der Waals surface area contributed by atoms with E-state index in [1.54, 1.807) is 11.8 Å². The van der Waals surface area contributed by atoms with Gasteiger partial charge in [-0.05, 0) is 24.9 Å². The summed E-state index contributed by atoms with van der Waals surface area (Å²) >= 11 is 1.62. The predicted molar refractivity (Wildman–Crippen MR) is 77.4 cm³/mol. The van der Waals surface area contributed by atoms with Crippen molar-refractivity contribution in [2.45, 2.75) is 45.1 Å². The molecule has 0 bridgehead atoms. The summed E-state index contributed by atoms with van der Waals surface area (Å²) in [5.41, 5.74) is 0. The first-order valence-corrected chi connectivity index (χ1v) is 8.05. The van der Waals surface area contributed by atoms with Gasteiger partial charge in [0.1, 0.15) is 6.04 Å². The zero-order valence-corrected chi connectivity index (χ0v) is 12.9. The highest BCUT2D eigenvalue weighted by molar-refractivity contribution is 7.98. The van der Waals surface area contributed by atoms with Gasteiger partial charge in [-0.3, -0.25) is 0 Å². The summed E-state index contributed by atoms with van der Waals surface area (Å²) in [4.78, 5) is 23.0. The molecule has 0 spiro atoms. The van der Waals surface area contributed by atoms with E-state index in [0.29, 0.717) is 13.0 Å². The third-order valence-electron chi connectivity index (χ3n) is 2.61. The van der Waals surface area contributed by atoms with Crippen LogP contribution in [-0.4, -0.2) is 43.8 Å². The second-order valence-electron chi connectivity index (χ2n) is 4.20. The Balaban J connectivity index is 4.03. The molecule has 5 nitrogen and oxygen atoms in total. The van der Waals surface area contributed by atoms with E-state index in [0.717, 1.165) is 31.4 Å². The third kappa shape index (κ3) is 9.64. The molecule has 19 heavy (non-hydrogen) atoms. The van der Waals surface area contributed by atoms with Gasteiger partial charge in [0.2, 0.25) is 0 Å². The maximum atomic E-state index is 11.8. The van der Waals surface area contributed by atoms with Crippen LogP contribution < -0.4 is 5.32 Å². The number of methoxy groups -OCH3 is 1. The summed E-state index contributed by atoms with van der Waals surface area (Å²) in [6, 6.07) is -0.619. The first kappa shape index (κ1) is 18.1. The highest BCUT2D eigenvalue weighted by Crippen LogP contribution is 2.05. The summed E-state index contributed by atoms with van der Waals surface area (Å²) < 4.78 is 9.68. The first-order chi connectivity index (χ1) is 9.15. The average Bonchev–Trinajstić information content (AvgIpc) is 2.42. The van der Waals surface area contributed by atoms with Crippen LogP contribution in [0.5, 0.6) is 0 Å². The Bertz CT molecular complexity index is 261. The molecule has 0 aromatic heterocycles. The molecule has 1 N–H and O–H groups in total. The standard InChI is InChI=1S/C13H25NO4S/c1-4-5-6-7-9-18-12(15)11(8-10-19-3)14-13(16)17-2/h11H,4-10H2,1-3H3,(H,14,16)/t11-/m0/s1. The minimum absolute atomic E-state index is 0.379. The van der Waals surface area contributed by atoms with Gasteiger partial charge in [-0.25, -0.2) is 9.59 Å². The van der Waals surface area contributed by atoms with Gasteiger partial charge in [0.05, 0.1) is 13.7 Å². The molecule has 0 heterocycles. The van der Waals surface area contributed by atoms with E-state index >= 15 is 0 Å². The zero-order valence-electron chi connectivity index (χ0n) is 12.1. The predicted octanol–water partition coefficient (Wildman–Crippen LogP) is 2.59. The molecule has 0 fully saturated rings. The smallest absolute Gasteiger partial charge is 0.407 e. The zero-order chi connectivity index (χ0) is 14.5. The number of thioether (sulfide) groups is 1. The molecule has 0 aromatic carbocycles. The normalized spacial score (nSPS) is 11.7. The lowest BCUT2D eigenvalue weighted by atomic mass is 10.2. The Labute approximate surface area is 119 Å². The van der Waals surface area contributed by atoms with Gasteiger partial charge >= 0.3 is 12.1 Å². The van der Waals surface area contributed by atoms with E-state index in [2.05, 4.69) is 17.0 Å². The summed E-state index contributed by atoms with van der Waals surface area (Å²) in [6.07, 6.45) is 6.11. The molecule has 1 atom stereocenters. The van der Waals surface area contributed by atoms with E-state index in [4.69, 9.17) is 4.74 Å².